The summed E-state index contributed by atoms with van der Waals surface area (Å²) >= 11 is 0. The number of nitrogens with zero attached hydrogens (tertiary/aromatic N) is 1. The van der Waals surface area contributed by atoms with Gasteiger partial charge in [-0.05, 0) is 13.0 Å². The molecule has 0 radical (unpaired) electrons. The number of amides is 3. The number of piperazine rings is 1. The monoisotopic (exact) mass is 213 g/mol. The summed E-state index contributed by atoms with van der Waals surface area (Å²) in [5.41, 5.74) is 0. The summed E-state index contributed by atoms with van der Waals surface area (Å²) in [6.07, 6.45) is 0.937. The van der Waals surface area contributed by atoms with Crippen molar-refractivity contribution in [3.05, 3.63) is 0 Å². The summed E-state index contributed by atoms with van der Waals surface area (Å²) in [6.45, 7) is 2.86. The summed E-state index contributed by atoms with van der Waals surface area (Å²) in [4.78, 5) is 34.7. The number of hydrogen-bond donors (Lipinski definition) is 2. The summed E-state index contributed by atoms with van der Waals surface area (Å²) in [6, 6.07) is 0. The molecule has 1 saturated heterocycles. The lowest BCUT2D eigenvalue weighted by Gasteiger charge is -2.25. The smallest absolute Gasteiger partial charge is 0.246 e. The van der Waals surface area contributed by atoms with Crippen LogP contribution in [0.25, 0.3) is 0 Å². The lowest BCUT2D eigenvalue weighted by molar-refractivity contribution is -0.144. The second-order valence-corrected chi connectivity index (χ2v) is 3.40. The number of hydrogen-bond acceptors (Lipinski definition) is 4. The Morgan fingerprint density at radius 2 is 2.00 bits per heavy atom. The molecule has 6 nitrogen and oxygen atoms in total. The molecular weight excluding hydrogens is 198 g/mol. The number of carbonyl (C=O) groups is 3. The Bertz CT molecular complexity index is 262. The molecule has 84 valence electrons. The molecule has 1 fully saturated rings. The van der Waals surface area contributed by atoms with Crippen LogP contribution < -0.4 is 10.6 Å². The van der Waals surface area contributed by atoms with Crippen LogP contribution in [0.1, 0.15) is 13.3 Å². The molecule has 0 unspecified atom stereocenters. The van der Waals surface area contributed by atoms with E-state index in [-0.39, 0.29) is 25.5 Å². The molecule has 15 heavy (non-hydrogen) atoms. The molecule has 0 aromatic rings. The van der Waals surface area contributed by atoms with Gasteiger partial charge in [-0.15, -0.1) is 0 Å². The van der Waals surface area contributed by atoms with E-state index >= 15 is 0 Å². The maximum absolute atomic E-state index is 11.5. The zero-order valence-corrected chi connectivity index (χ0v) is 8.71. The van der Waals surface area contributed by atoms with Crippen LogP contribution in [0.3, 0.4) is 0 Å². The molecule has 0 saturated carbocycles. The van der Waals surface area contributed by atoms with Crippen molar-refractivity contribution in [2.45, 2.75) is 13.3 Å². The molecule has 0 aromatic heterocycles. The Morgan fingerprint density at radius 3 is 2.53 bits per heavy atom. The number of nitrogens with one attached hydrogen (secondary N) is 2. The fourth-order valence-electron chi connectivity index (χ4n) is 1.30. The van der Waals surface area contributed by atoms with Gasteiger partial charge in [0.2, 0.25) is 17.7 Å². The molecule has 0 spiro atoms. The van der Waals surface area contributed by atoms with Crippen molar-refractivity contribution < 1.29 is 14.4 Å². The van der Waals surface area contributed by atoms with Gasteiger partial charge in [-0.2, -0.15) is 0 Å². The van der Waals surface area contributed by atoms with E-state index in [4.69, 9.17) is 0 Å². The van der Waals surface area contributed by atoms with Gasteiger partial charge in [0.05, 0.1) is 6.54 Å². The van der Waals surface area contributed by atoms with Gasteiger partial charge in [-0.3, -0.25) is 19.7 Å². The van der Waals surface area contributed by atoms with Crippen molar-refractivity contribution in [3.63, 3.8) is 0 Å². The van der Waals surface area contributed by atoms with Crippen LogP contribution in [0, 0.1) is 0 Å². The predicted octanol–water partition coefficient (Wildman–Crippen LogP) is -1.53. The standard InChI is InChI=1S/C9H15N3O3/c1-2-3-10-4-9(15)12-5-7(13)11-8(14)6-12/h10H,2-6H2,1H3,(H,11,13,14). The van der Waals surface area contributed by atoms with Crippen molar-refractivity contribution in [2.24, 2.45) is 0 Å². The molecule has 1 heterocycles. The lowest BCUT2D eigenvalue weighted by Crippen LogP contribution is -2.54. The molecule has 3 amide bonds. The fourth-order valence-corrected chi connectivity index (χ4v) is 1.30. The van der Waals surface area contributed by atoms with Crippen molar-refractivity contribution in [3.8, 4) is 0 Å². The summed E-state index contributed by atoms with van der Waals surface area (Å²) in [5.74, 6) is -1.06. The molecular formula is C9H15N3O3. The van der Waals surface area contributed by atoms with Gasteiger partial charge in [0.25, 0.3) is 0 Å². The third-order valence-electron chi connectivity index (χ3n) is 2.00. The van der Waals surface area contributed by atoms with Crippen LogP contribution >= 0.6 is 0 Å². The van der Waals surface area contributed by atoms with Crippen LogP contribution in [-0.4, -0.2) is 48.8 Å². The van der Waals surface area contributed by atoms with Gasteiger partial charge in [0.1, 0.15) is 13.1 Å². The molecule has 1 aliphatic rings. The molecule has 0 aliphatic carbocycles. The van der Waals surface area contributed by atoms with Crippen LogP contribution in [0.2, 0.25) is 0 Å². The zero-order chi connectivity index (χ0) is 11.3. The van der Waals surface area contributed by atoms with E-state index in [9.17, 15) is 14.4 Å². The van der Waals surface area contributed by atoms with Crippen molar-refractivity contribution in [1.29, 1.82) is 0 Å². The van der Waals surface area contributed by atoms with Gasteiger partial charge in [0.15, 0.2) is 0 Å². The van der Waals surface area contributed by atoms with Crippen LogP contribution in [-0.2, 0) is 14.4 Å². The first kappa shape index (κ1) is 11.6. The Morgan fingerprint density at radius 1 is 1.40 bits per heavy atom. The van der Waals surface area contributed by atoms with Gasteiger partial charge >= 0.3 is 0 Å². The largest absolute Gasteiger partial charge is 0.323 e. The van der Waals surface area contributed by atoms with Crippen molar-refractivity contribution in [2.75, 3.05) is 26.2 Å². The number of carbonyl (C=O) groups excluding carboxylic acids is 3. The fraction of sp³-hybridized carbons (Fsp3) is 0.667. The van der Waals surface area contributed by atoms with Crippen molar-refractivity contribution >= 4 is 17.7 Å². The third kappa shape index (κ3) is 3.67. The highest BCUT2D eigenvalue weighted by Gasteiger charge is 2.25. The Hall–Kier alpha value is -1.43. The van der Waals surface area contributed by atoms with E-state index in [0.717, 1.165) is 13.0 Å². The average molecular weight is 213 g/mol. The highest BCUT2D eigenvalue weighted by atomic mass is 16.2. The summed E-state index contributed by atoms with van der Waals surface area (Å²) in [5, 5.41) is 5.07. The quantitative estimate of drug-likeness (QED) is 0.439. The van der Waals surface area contributed by atoms with Gasteiger partial charge < -0.3 is 10.2 Å². The second-order valence-electron chi connectivity index (χ2n) is 3.40. The van der Waals surface area contributed by atoms with E-state index in [1.165, 1.54) is 4.90 Å². The van der Waals surface area contributed by atoms with E-state index in [1.54, 1.807) is 0 Å². The topological polar surface area (TPSA) is 78.5 Å². The molecule has 2 N–H and O–H groups in total. The average Bonchev–Trinajstić information content (AvgIpc) is 2.16. The minimum absolute atomic E-state index is 0.0294. The highest BCUT2D eigenvalue weighted by molar-refractivity contribution is 6.02. The summed E-state index contributed by atoms with van der Waals surface area (Å²) in [7, 11) is 0. The first-order valence-corrected chi connectivity index (χ1v) is 4.94. The van der Waals surface area contributed by atoms with Crippen LogP contribution in [0.15, 0.2) is 0 Å². The Balaban J connectivity index is 2.38. The third-order valence-corrected chi connectivity index (χ3v) is 2.00. The Labute approximate surface area is 88.0 Å². The highest BCUT2D eigenvalue weighted by Crippen LogP contribution is 1.94. The van der Waals surface area contributed by atoms with Crippen molar-refractivity contribution in [1.82, 2.24) is 15.5 Å². The zero-order valence-electron chi connectivity index (χ0n) is 8.71. The van der Waals surface area contributed by atoms with Crippen LogP contribution in [0.5, 0.6) is 0 Å². The SMILES string of the molecule is CCCNCC(=O)N1CC(=O)NC(=O)C1. The van der Waals surface area contributed by atoms with E-state index in [2.05, 4.69) is 10.6 Å². The van der Waals surface area contributed by atoms with Gasteiger partial charge in [-0.25, -0.2) is 0 Å². The molecule has 1 rings (SSSR count). The van der Waals surface area contributed by atoms with E-state index in [1.807, 2.05) is 6.92 Å². The maximum atomic E-state index is 11.5. The maximum Gasteiger partial charge on any atom is 0.246 e. The van der Waals surface area contributed by atoms with Crippen LogP contribution in [0.4, 0.5) is 0 Å². The predicted molar refractivity (Wildman–Crippen MR) is 52.9 cm³/mol. The normalized spacial score (nSPS) is 16.5. The first-order chi connectivity index (χ1) is 7.13. The molecule has 1 aliphatic heterocycles. The molecule has 0 aromatic carbocycles. The summed E-state index contributed by atoms with van der Waals surface area (Å²) < 4.78 is 0. The van der Waals surface area contributed by atoms with Gasteiger partial charge in [-0.1, -0.05) is 6.92 Å². The van der Waals surface area contributed by atoms with E-state index < -0.39 is 11.8 Å². The number of rotatable bonds is 4. The first-order valence-electron chi connectivity index (χ1n) is 4.94. The molecule has 0 bridgehead atoms. The molecule has 6 heteroatoms. The Kier molecular flexibility index (Phi) is 4.23. The lowest BCUT2D eigenvalue weighted by atomic mass is 10.3. The van der Waals surface area contributed by atoms with E-state index in [0.29, 0.717) is 0 Å². The number of imide groups is 1. The molecule has 0 atom stereocenters. The second kappa shape index (κ2) is 5.45. The minimum atomic E-state index is -0.421. The van der Waals surface area contributed by atoms with Gasteiger partial charge in [0, 0.05) is 0 Å². The minimum Gasteiger partial charge on any atom is -0.323 e.